The monoisotopic (exact) mass is 376 g/mol. The van der Waals surface area contributed by atoms with Gasteiger partial charge in [0.1, 0.15) is 12.4 Å². The van der Waals surface area contributed by atoms with Crippen LogP contribution in [0.25, 0.3) is 0 Å². The molecule has 0 unspecified atom stereocenters. The molecule has 0 atom stereocenters. The van der Waals surface area contributed by atoms with Crippen molar-refractivity contribution in [3.05, 3.63) is 49.0 Å². The molecule has 5 heteroatoms. The van der Waals surface area contributed by atoms with E-state index in [9.17, 15) is 0 Å². The quantitative estimate of drug-likeness (QED) is 0.858. The van der Waals surface area contributed by atoms with Gasteiger partial charge in [-0.05, 0) is 61.0 Å². The molecule has 90 valence electrons. The van der Waals surface area contributed by atoms with Crippen molar-refractivity contribution >= 4 is 43.2 Å². The van der Waals surface area contributed by atoms with Gasteiger partial charge in [0.05, 0.1) is 16.0 Å². The molecule has 0 saturated heterocycles. The Hall–Kier alpha value is -0.360. The van der Waals surface area contributed by atoms with E-state index >= 15 is 0 Å². The molecule has 0 bridgehead atoms. The summed E-state index contributed by atoms with van der Waals surface area (Å²) < 4.78 is 7.65. The summed E-state index contributed by atoms with van der Waals surface area (Å²) in [6.45, 7) is 0.574. The van der Waals surface area contributed by atoms with Crippen LogP contribution in [0.2, 0.25) is 0 Å². The summed E-state index contributed by atoms with van der Waals surface area (Å²) in [5, 5.41) is 11.0. The molecule has 1 aromatic carbocycles. The number of benzene rings is 1. The van der Waals surface area contributed by atoms with E-state index < -0.39 is 0 Å². The Labute approximate surface area is 121 Å². The van der Waals surface area contributed by atoms with Crippen molar-refractivity contribution < 1.29 is 9.84 Å². The van der Waals surface area contributed by atoms with Crippen LogP contribution >= 0.6 is 43.2 Å². The van der Waals surface area contributed by atoms with Gasteiger partial charge in [-0.15, -0.1) is 11.3 Å². The van der Waals surface area contributed by atoms with E-state index in [-0.39, 0.29) is 6.61 Å². The molecule has 0 fully saturated rings. The topological polar surface area (TPSA) is 29.5 Å². The normalized spacial score (nSPS) is 10.5. The molecule has 1 aromatic heterocycles. The molecule has 2 nitrogen and oxygen atoms in total. The molecule has 1 N–H and O–H groups in total. The van der Waals surface area contributed by atoms with Crippen molar-refractivity contribution in [1.29, 1.82) is 0 Å². The first-order valence-electron chi connectivity index (χ1n) is 4.94. The zero-order chi connectivity index (χ0) is 12.3. The van der Waals surface area contributed by atoms with E-state index in [0.717, 1.165) is 25.1 Å². The number of aliphatic hydroxyl groups is 1. The second kappa shape index (κ2) is 6.00. The number of rotatable bonds is 4. The first kappa shape index (κ1) is 13.1. The summed E-state index contributed by atoms with van der Waals surface area (Å²) in [5.74, 6) is 0.780. The van der Waals surface area contributed by atoms with Crippen LogP contribution in [-0.4, -0.2) is 5.11 Å². The number of hydrogen-bond acceptors (Lipinski definition) is 3. The highest BCUT2D eigenvalue weighted by Gasteiger charge is 2.05. The molecule has 17 heavy (non-hydrogen) atoms. The highest BCUT2D eigenvalue weighted by molar-refractivity contribution is 9.10. The van der Waals surface area contributed by atoms with E-state index in [2.05, 4.69) is 31.9 Å². The van der Waals surface area contributed by atoms with Gasteiger partial charge in [0.2, 0.25) is 0 Å². The van der Waals surface area contributed by atoms with Gasteiger partial charge in [-0.2, -0.15) is 0 Å². The molecule has 2 aromatic rings. The Morgan fingerprint density at radius 3 is 2.59 bits per heavy atom. The largest absolute Gasteiger partial charge is 0.487 e. The lowest BCUT2D eigenvalue weighted by Gasteiger charge is -2.08. The van der Waals surface area contributed by atoms with Gasteiger partial charge in [0.25, 0.3) is 0 Å². The van der Waals surface area contributed by atoms with Crippen LogP contribution < -0.4 is 4.74 Å². The van der Waals surface area contributed by atoms with Crippen LogP contribution in [0.1, 0.15) is 10.4 Å². The van der Waals surface area contributed by atoms with Crippen molar-refractivity contribution in [1.82, 2.24) is 0 Å². The van der Waals surface area contributed by atoms with Gasteiger partial charge in [0, 0.05) is 4.47 Å². The number of halogens is 2. The van der Waals surface area contributed by atoms with E-state index in [0.29, 0.717) is 6.61 Å². The molecule has 0 aliphatic rings. The second-order valence-electron chi connectivity index (χ2n) is 3.40. The van der Waals surface area contributed by atoms with Crippen LogP contribution in [0.3, 0.4) is 0 Å². The number of ether oxygens (including phenoxy) is 1. The van der Waals surface area contributed by atoms with Crippen LogP contribution in [0, 0.1) is 0 Å². The third-order valence-corrected chi connectivity index (χ3v) is 4.75. The lowest BCUT2D eigenvalue weighted by Crippen LogP contribution is -1.95. The van der Waals surface area contributed by atoms with Gasteiger partial charge in [0.15, 0.2) is 0 Å². The first-order valence-corrected chi connectivity index (χ1v) is 7.41. The fourth-order valence-electron chi connectivity index (χ4n) is 1.33. The summed E-state index contributed by atoms with van der Waals surface area (Å²) in [4.78, 5) is 1.16. The summed E-state index contributed by atoms with van der Waals surface area (Å²) >= 11 is 8.55. The minimum Gasteiger partial charge on any atom is -0.487 e. The predicted octanol–water partition coefficient (Wildman–Crippen LogP) is 4.34. The van der Waals surface area contributed by atoms with E-state index in [1.807, 2.05) is 29.6 Å². The average Bonchev–Trinajstić information content (AvgIpc) is 2.73. The molecule has 0 spiro atoms. The maximum absolute atomic E-state index is 9.00. The van der Waals surface area contributed by atoms with Gasteiger partial charge in [-0.1, -0.05) is 6.07 Å². The van der Waals surface area contributed by atoms with Crippen molar-refractivity contribution in [3.8, 4) is 5.75 Å². The second-order valence-corrected chi connectivity index (χ2v) is 6.11. The van der Waals surface area contributed by atoms with Crippen LogP contribution in [0.5, 0.6) is 5.75 Å². The van der Waals surface area contributed by atoms with Crippen LogP contribution in [0.15, 0.2) is 38.6 Å². The lowest BCUT2D eigenvalue weighted by atomic mass is 10.2. The van der Waals surface area contributed by atoms with Gasteiger partial charge in [-0.25, -0.2) is 0 Å². The maximum Gasteiger partial charge on any atom is 0.134 e. The van der Waals surface area contributed by atoms with Crippen molar-refractivity contribution in [2.24, 2.45) is 0 Å². The summed E-state index contributed by atoms with van der Waals surface area (Å²) in [6.07, 6.45) is 0. The molecular formula is C12H10Br2O2S. The summed E-state index contributed by atoms with van der Waals surface area (Å²) in [5.41, 5.74) is 0.863. The fraction of sp³-hybridized carbons (Fsp3) is 0.167. The smallest absolute Gasteiger partial charge is 0.134 e. The Kier molecular flexibility index (Phi) is 4.62. The Morgan fingerprint density at radius 2 is 2.00 bits per heavy atom. The molecule has 1 heterocycles. The summed E-state index contributed by atoms with van der Waals surface area (Å²) in [6, 6.07) is 7.58. The molecule has 0 radical (unpaired) electrons. The average molecular weight is 378 g/mol. The predicted molar refractivity (Wildman–Crippen MR) is 76.4 cm³/mol. The Morgan fingerprint density at radius 1 is 1.18 bits per heavy atom. The van der Waals surface area contributed by atoms with Crippen molar-refractivity contribution in [2.45, 2.75) is 13.2 Å². The zero-order valence-corrected chi connectivity index (χ0v) is 12.8. The summed E-state index contributed by atoms with van der Waals surface area (Å²) in [7, 11) is 0. The maximum atomic E-state index is 9.00. The van der Waals surface area contributed by atoms with E-state index in [1.54, 1.807) is 11.3 Å². The minimum absolute atomic E-state index is 0.0371. The highest BCUT2D eigenvalue weighted by Crippen LogP contribution is 2.29. The zero-order valence-electron chi connectivity index (χ0n) is 8.82. The SMILES string of the molecule is OCc1ccc(OCc2sccc2Br)c(Br)c1. The minimum atomic E-state index is 0.0371. The molecule has 0 aliphatic heterocycles. The van der Waals surface area contributed by atoms with Crippen LogP contribution in [-0.2, 0) is 13.2 Å². The van der Waals surface area contributed by atoms with Gasteiger partial charge < -0.3 is 9.84 Å². The van der Waals surface area contributed by atoms with Crippen LogP contribution in [0.4, 0.5) is 0 Å². The highest BCUT2D eigenvalue weighted by atomic mass is 79.9. The standard InChI is InChI=1S/C12H10Br2O2S/c13-9-3-4-17-12(9)7-16-11-2-1-8(6-15)5-10(11)14/h1-5,15H,6-7H2. The Bertz CT molecular complexity index is 511. The number of thiophene rings is 1. The molecule has 2 rings (SSSR count). The lowest BCUT2D eigenvalue weighted by molar-refractivity contribution is 0.280. The molecule has 0 aliphatic carbocycles. The van der Waals surface area contributed by atoms with Gasteiger partial charge in [-0.3, -0.25) is 0 Å². The van der Waals surface area contributed by atoms with Crippen molar-refractivity contribution in [2.75, 3.05) is 0 Å². The van der Waals surface area contributed by atoms with E-state index in [4.69, 9.17) is 9.84 Å². The molecule has 0 saturated carbocycles. The fourth-order valence-corrected chi connectivity index (χ4v) is 3.25. The van der Waals surface area contributed by atoms with Crippen molar-refractivity contribution in [3.63, 3.8) is 0 Å². The Balaban J connectivity index is 2.07. The van der Waals surface area contributed by atoms with Gasteiger partial charge >= 0.3 is 0 Å². The van der Waals surface area contributed by atoms with E-state index in [1.165, 1.54) is 0 Å². The number of hydrogen-bond donors (Lipinski definition) is 1. The molecular weight excluding hydrogens is 368 g/mol. The first-order chi connectivity index (χ1) is 8.20. The molecule has 0 amide bonds. The third kappa shape index (κ3) is 3.31. The third-order valence-electron chi connectivity index (χ3n) is 2.23. The number of aliphatic hydroxyl groups excluding tert-OH is 1.